The zero-order valence-electron chi connectivity index (χ0n) is 12.4. The van der Waals surface area contributed by atoms with Gasteiger partial charge < -0.3 is 9.84 Å². The highest BCUT2D eigenvalue weighted by molar-refractivity contribution is 7.80. The van der Waals surface area contributed by atoms with Crippen molar-refractivity contribution < 1.29 is 19.4 Å². The zero-order valence-corrected chi connectivity index (χ0v) is 13.3. The van der Waals surface area contributed by atoms with Crippen LogP contribution in [0.5, 0.6) is 0 Å². The van der Waals surface area contributed by atoms with E-state index in [-0.39, 0.29) is 11.5 Å². The Hall–Kier alpha value is -2.01. The van der Waals surface area contributed by atoms with Gasteiger partial charge in [0, 0.05) is 11.3 Å². The lowest BCUT2D eigenvalue weighted by molar-refractivity contribution is -0.140. The number of hydrogen-bond acceptors (Lipinski definition) is 4. The van der Waals surface area contributed by atoms with Crippen LogP contribution in [0.1, 0.15) is 18.9 Å². The van der Waals surface area contributed by atoms with E-state index in [4.69, 9.17) is 5.11 Å². The quantitative estimate of drug-likeness (QED) is 0.508. The van der Waals surface area contributed by atoms with Crippen molar-refractivity contribution in [2.45, 2.75) is 13.3 Å². The van der Waals surface area contributed by atoms with E-state index in [2.05, 4.69) is 30.5 Å². The maximum absolute atomic E-state index is 10.1. The third-order valence-corrected chi connectivity index (χ3v) is 2.17. The molecule has 0 aliphatic carbocycles. The molecule has 0 saturated carbocycles. The van der Waals surface area contributed by atoms with Crippen LogP contribution < -0.4 is 0 Å². The number of carbonyl (C=O) groups excluding carboxylic acids is 1. The van der Waals surface area contributed by atoms with E-state index < -0.39 is 5.97 Å². The minimum absolute atomic E-state index is 0.176. The van der Waals surface area contributed by atoms with Gasteiger partial charge in [-0.3, -0.25) is 4.79 Å². The molecule has 4 nitrogen and oxygen atoms in total. The van der Waals surface area contributed by atoms with Crippen LogP contribution in [0.25, 0.3) is 6.08 Å². The van der Waals surface area contributed by atoms with E-state index in [0.717, 1.165) is 0 Å². The normalized spacial score (nSPS) is 8.14. The molecule has 1 rings (SSSR count). The zero-order chi connectivity index (χ0) is 16.7. The van der Waals surface area contributed by atoms with E-state index >= 15 is 0 Å². The van der Waals surface area contributed by atoms with Crippen molar-refractivity contribution in [2.75, 3.05) is 12.9 Å². The third kappa shape index (κ3) is 15.9. The summed E-state index contributed by atoms with van der Waals surface area (Å²) in [5, 5.41) is 7.89. The third-order valence-electron chi connectivity index (χ3n) is 1.94. The Morgan fingerprint density at radius 2 is 1.81 bits per heavy atom. The van der Waals surface area contributed by atoms with Gasteiger partial charge in [0.1, 0.15) is 0 Å². The summed E-state index contributed by atoms with van der Waals surface area (Å²) in [5.41, 5.74) is 1.35. The predicted molar refractivity (Wildman–Crippen MR) is 89.5 cm³/mol. The summed E-state index contributed by atoms with van der Waals surface area (Å²) in [6, 6.07) is 10.0. The van der Waals surface area contributed by atoms with Crippen molar-refractivity contribution >= 4 is 30.6 Å². The maximum Gasteiger partial charge on any atom is 0.330 e. The van der Waals surface area contributed by atoms with Crippen LogP contribution in [-0.4, -0.2) is 29.9 Å². The lowest BCUT2D eigenvalue weighted by atomic mass is 10.2. The van der Waals surface area contributed by atoms with Crippen LogP contribution in [0.3, 0.4) is 0 Å². The van der Waals surface area contributed by atoms with Crippen LogP contribution in [0.15, 0.2) is 49.1 Å². The number of methoxy groups -OCH3 is 1. The molecule has 116 valence electrons. The van der Waals surface area contributed by atoms with Crippen molar-refractivity contribution in [2.24, 2.45) is 0 Å². The monoisotopic (exact) mass is 310 g/mol. The molecular formula is C16H22O4S. The molecule has 1 aromatic rings. The number of carbonyl (C=O) groups is 2. The van der Waals surface area contributed by atoms with Crippen molar-refractivity contribution in [1.82, 2.24) is 0 Å². The molecule has 0 heterocycles. The summed E-state index contributed by atoms with van der Waals surface area (Å²) in [6.07, 6.45) is 2.24. The summed E-state index contributed by atoms with van der Waals surface area (Å²) in [7, 11) is 1.37. The van der Waals surface area contributed by atoms with E-state index in [1.165, 1.54) is 19.6 Å². The summed E-state index contributed by atoms with van der Waals surface area (Å²) >= 11 is 3.81. The van der Waals surface area contributed by atoms with Crippen molar-refractivity contribution in [3.8, 4) is 0 Å². The molecule has 0 aliphatic heterocycles. The summed E-state index contributed by atoms with van der Waals surface area (Å²) < 4.78 is 4.30. The number of hydrogen-bond donors (Lipinski definition) is 2. The van der Waals surface area contributed by atoms with Gasteiger partial charge in [-0.1, -0.05) is 49.6 Å². The van der Waals surface area contributed by atoms with Crippen LogP contribution in [-0.2, 0) is 14.3 Å². The fraction of sp³-hybridized carbons (Fsp3) is 0.250. The molecule has 21 heavy (non-hydrogen) atoms. The fourth-order valence-electron chi connectivity index (χ4n) is 0.782. The van der Waals surface area contributed by atoms with Gasteiger partial charge in [0.2, 0.25) is 0 Å². The summed E-state index contributed by atoms with van der Waals surface area (Å²) in [6.45, 7) is 8.23. The molecule has 1 aromatic carbocycles. The van der Waals surface area contributed by atoms with Gasteiger partial charge in [0.15, 0.2) is 0 Å². The highest BCUT2D eigenvalue weighted by atomic mass is 32.1. The van der Waals surface area contributed by atoms with Gasteiger partial charge in [0.25, 0.3) is 0 Å². The molecule has 0 unspecified atom stereocenters. The van der Waals surface area contributed by atoms with E-state index in [1.807, 2.05) is 36.4 Å². The Bertz CT molecular complexity index is 429. The predicted octanol–water partition coefficient (Wildman–Crippen LogP) is 3.46. The van der Waals surface area contributed by atoms with Crippen LogP contribution in [0, 0.1) is 0 Å². The van der Waals surface area contributed by atoms with E-state index in [0.29, 0.717) is 12.2 Å². The highest BCUT2D eigenvalue weighted by Gasteiger charge is 1.93. The smallest absolute Gasteiger partial charge is 0.330 e. The lowest BCUT2D eigenvalue weighted by Crippen LogP contribution is -1.99. The first-order valence-corrected chi connectivity index (χ1v) is 6.76. The Labute approximate surface area is 131 Å². The number of thiol groups is 1. The summed E-state index contributed by atoms with van der Waals surface area (Å²) in [5.74, 6) is -0.572. The van der Waals surface area contributed by atoms with Crippen LogP contribution in [0.2, 0.25) is 0 Å². The SMILES string of the molecule is C=C(C)C(=O)O.C=Cc1ccccc1.COC(=O)CCS. The van der Waals surface area contributed by atoms with E-state index in [9.17, 15) is 9.59 Å². The Morgan fingerprint density at radius 3 is 2.00 bits per heavy atom. The largest absolute Gasteiger partial charge is 0.478 e. The molecule has 0 spiro atoms. The molecule has 1 N–H and O–H groups in total. The molecule has 0 radical (unpaired) electrons. The minimum Gasteiger partial charge on any atom is -0.478 e. The minimum atomic E-state index is -0.935. The lowest BCUT2D eigenvalue weighted by Gasteiger charge is -1.90. The standard InChI is InChI=1S/C8H8.C4H8O2S.C4H6O2/c1-2-8-6-4-3-5-7-8;1-6-4(5)2-3-7;1-3(2)4(5)6/h2-7H,1H2;7H,2-3H2,1H3;1H2,2H3,(H,5,6). The second kappa shape index (κ2) is 14.4. The van der Waals surface area contributed by atoms with Crippen LogP contribution in [0.4, 0.5) is 0 Å². The average molecular weight is 310 g/mol. The fourth-order valence-corrected chi connectivity index (χ4v) is 0.965. The summed E-state index contributed by atoms with van der Waals surface area (Å²) in [4.78, 5) is 19.7. The van der Waals surface area contributed by atoms with Crippen molar-refractivity contribution in [3.63, 3.8) is 0 Å². The number of rotatable bonds is 4. The molecule has 0 fully saturated rings. The van der Waals surface area contributed by atoms with Gasteiger partial charge in [-0.15, -0.1) is 0 Å². The van der Waals surface area contributed by atoms with Gasteiger partial charge in [0.05, 0.1) is 13.5 Å². The van der Waals surface area contributed by atoms with Gasteiger partial charge in [-0.05, 0) is 12.5 Å². The number of benzene rings is 1. The number of carboxylic acid groups (broad SMARTS) is 1. The molecule has 0 amide bonds. The number of aliphatic carboxylic acids is 1. The Balaban J connectivity index is 0. The van der Waals surface area contributed by atoms with Gasteiger partial charge in [-0.2, -0.15) is 12.6 Å². The molecule has 0 atom stereocenters. The van der Waals surface area contributed by atoms with Crippen molar-refractivity contribution in [3.05, 3.63) is 54.6 Å². The first-order chi connectivity index (χ1) is 9.88. The molecular weight excluding hydrogens is 288 g/mol. The van der Waals surface area contributed by atoms with Gasteiger partial charge >= 0.3 is 11.9 Å². The first-order valence-electron chi connectivity index (χ1n) is 6.13. The second-order valence-electron chi connectivity index (χ2n) is 3.75. The Kier molecular flexibility index (Phi) is 14.6. The van der Waals surface area contributed by atoms with Gasteiger partial charge in [-0.25, -0.2) is 4.79 Å². The first kappa shape index (κ1) is 21.3. The molecule has 0 bridgehead atoms. The molecule has 5 heteroatoms. The molecule has 0 aliphatic rings. The highest BCUT2D eigenvalue weighted by Crippen LogP contribution is 1.97. The topological polar surface area (TPSA) is 63.6 Å². The number of ether oxygens (including phenoxy) is 1. The Morgan fingerprint density at radius 1 is 1.33 bits per heavy atom. The van der Waals surface area contributed by atoms with Crippen LogP contribution >= 0.6 is 12.6 Å². The maximum atomic E-state index is 10.1. The second-order valence-corrected chi connectivity index (χ2v) is 4.20. The number of carboxylic acids is 1. The number of esters is 1. The van der Waals surface area contributed by atoms with E-state index in [1.54, 1.807) is 0 Å². The average Bonchev–Trinajstić information content (AvgIpc) is 2.49. The van der Waals surface area contributed by atoms with Crippen molar-refractivity contribution in [1.29, 1.82) is 0 Å². The molecule has 0 saturated heterocycles. The molecule has 0 aromatic heterocycles.